The van der Waals surface area contributed by atoms with Crippen molar-refractivity contribution in [1.29, 1.82) is 0 Å². The molecule has 0 saturated carbocycles. The van der Waals surface area contributed by atoms with Crippen LogP contribution in [0.15, 0.2) is 42.5 Å². The zero-order chi connectivity index (χ0) is 15.2. The summed E-state index contributed by atoms with van der Waals surface area (Å²) in [7, 11) is 1.57. The molecule has 0 saturated heterocycles. The molecule has 0 fully saturated rings. The third-order valence-electron chi connectivity index (χ3n) is 3.10. The van der Waals surface area contributed by atoms with Crippen molar-refractivity contribution in [3.05, 3.63) is 53.6 Å². The molecule has 0 bridgehead atoms. The Morgan fingerprint density at radius 3 is 2.52 bits per heavy atom. The van der Waals surface area contributed by atoms with Gasteiger partial charge in [0, 0.05) is 5.69 Å². The molecule has 0 atom stereocenters. The van der Waals surface area contributed by atoms with Crippen LogP contribution >= 0.6 is 0 Å². The fourth-order valence-electron chi connectivity index (χ4n) is 1.94. The third kappa shape index (κ3) is 3.99. The van der Waals surface area contributed by atoms with Crippen LogP contribution in [0.5, 0.6) is 11.5 Å². The van der Waals surface area contributed by atoms with Gasteiger partial charge in [-0.25, -0.2) is 0 Å². The van der Waals surface area contributed by atoms with Crippen molar-refractivity contribution in [3.8, 4) is 11.5 Å². The molecule has 0 heterocycles. The fraction of sp³-hybridized carbons (Fsp3) is 0.235. The molecule has 0 radical (unpaired) electrons. The van der Waals surface area contributed by atoms with Crippen LogP contribution in [-0.4, -0.2) is 19.6 Å². The Labute approximate surface area is 124 Å². The first kappa shape index (κ1) is 14.9. The number of para-hydroxylation sites is 2. The normalized spacial score (nSPS) is 10.0. The molecule has 0 spiro atoms. The van der Waals surface area contributed by atoms with E-state index in [1.165, 1.54) is 0 Å². The highest BCUT2D eigenvalue weighted by Gasteiger charge is 2.08. The maximum atomic E-state index is 12.0. The second kappa shape index (κ2) is 6.79. The van der Waals surface area contributed by atoms with Gasteiger partial charge in [0.1, 0.15) is 0 Å². The molecular formula is C17H19NO3. The SMILES string of the molecule is COc1ccccc1OCC(=O)Nc1cc(C)ccc1C. The molecule has 110 valence electrons. The Balaban J connectivity index is 1.97. The molecule has 0 aliphatic carbocycles. The molecule has 0 aliphatic heterocycles. The van der Waals surface area contributed by atoms with Crippen molar-refractivity contribution in [2.75, 3.05) is 19.0 Å². The van der Waals surface area contributed by atoms with Crippen LogP contribution in [0.2, 0.25) is 0 Å². The molecule has 2 aromatic rings. The summed E-state index contributed by atoms with van der Waals surface area (Å²) in [5, 5.41) is 2.85. The van der Waals surface area contributed by atoms with E-state index in [-0.39, 0.29) is 12.5 Å². The smallest absolute Gasteiger partial charge is 0.262 e. The molecule has 1 N–H and O–H groups in total. The summed E-state index contributed by atoms with van der Waals surface area (Å²) in [5.74, 6) is 0.961. The maximum absolute atomic E-state index is 12.0. The number of rotatable bonds is 5. The highest BCUT2D eigenvalue weighted by Crippen LogP contribution is 2.25. The standard InChI is InChI=1S/C17H19NO3/c1-12-8-9-13(2)14(10-12)18-17(19)11-21-16-7-5-4-6-15(16)20-3/h4-10H,11H2,1-3H3,(H,18,19). The Morgan fingerprint density at radius 1 is 1.10 bits per heavy atom. The summed E-state index contributed by atoms with van der Waals surface area (Å²) >= 11 is 0. The topological polar surface area (TPSA) is 47.6 Å². The van der Waals surface area contributed by atoms with Gasteiger partial charge in [-0.1, -0.05) is 24.3 Å². The first-order chi connectivity index (χ1) is 10.1. The number of aryl methyl sites for hydroxylation is 2. The summed E-state index contributed by atoms with van der Waals surface area (Å²) in [6.45, 7) is 3.88. The van der Waals surface area contributed by atoms with Gasteiger partial charge in [0.15, 0.2) is 18.1 Å². The third-order valence-corrected chi connectivity index (χ3v) is 3.10. The van der Waals surface area contributed by atoms with E-state index in [0.717, 1.165) is 16.8 Å². The number of benzene rings is 2. The molecule has 4 nitrogen and oxygen atoms in total. The Bertz CT molecular complexity index is 638. The zero-order valence-corrected chi connectivity index (χ0v) is 12.5. The quantitative estimate of drug-likeness (QED) is 0.916. The molecule has 0 aliphatic rings. The lowest BCUT2D eigenvalue weighted by molar-refractivity contribution is -0.118. The van der Waals surface area contributed by atoms with E-state index in [4.69, 9.17) is 9.47 Å². The van der Waals surface area contributed by atoms with Gasteiger partial charge >= 0.3 is 0 Å². The summed E-state index contributed by atoms with van der Waals surface area (Å²) in [6.07, 6.45) is 0. The highest BCUT2D eigenvalue weighted by atomic mass is 16.5. The van der Waals surface area contributed by atoms with Gasteiger partial charge in [-0.3, -0.25) is 4.79 Å². The molecule has 1 amide bonds. The van der Waals surface area contributed by atoms with E-state index in [1.807, 2.05) is 44.2 Å². The van der Waals surface area contributed by atoms with Crippen LogP contribution in [0.25, 0.3) is 0 Å². The van der Waals surface area contributed by atoms with E-state index in [0.29, 0.717) is 11.5 Å². The zero-order valence-electron chi connectivity index (χ0n) is 12.5. The van der Waals surface area contributed by atoms with E-state index in [1.54, 1.807) is 19.2 Å². The number of methoxy groups -OCH3 is 1. The molecule has 4 heteroatoms. The first-order valence-corrected chi connectivity index (χ1v) is 6.73. The summed E-state index contributed by atoms with van der Waals surface area (Å²) in [6, 6.07) is 13.2. The number of hydrogen-bond acceptors (Lipinski definition) is 3. The number of nitrogens with one attached hydrogen (secondary N) is 1. The van der Waals surface area contributed by atoms with Crippen LogP contribution < -0.4 is 14.8 Å². The van der Waals surface area contributed by atoms with Crippen molar-refractivity contribution in [2.24, 2.45) is 0 Å². The van der Waals surface area contributed by atoms with E-state index < -0.39 is 0 Å². The van der Waals surface area contributed by atoms with Crippen molar-refractivity contribution < 1.29 is 14.3 Å². The lowest BCUT2D eigenvalue weighted by Crippen LogP contribution is -2.20. The summed E-state index contributed by atoms with van der Waals surface area (Å²) in [5.41, 5.74) is 2.93. The first-order valence-electron chi connectivity index (χ1n) is 6.73. The minimum atomic E-state index is -0.199. The van der Waals surface area contributed by atoms with Gasteiger partial charge in [0.2, 0.25) is 0 Å². The predicted octanol–water partition coefficient (Wildman–Crippen LogP) is 3.33. The Kier molecular flexibility index (Phi) is 4.82. The van der Waals surface area contributed by atoms with Crippen molar-refractivity contribution in [1.82, 2.24) is 0 Å². The molecule has 21 heavy (non-hydrogen) atoms. The predicted molar refractivity (Wildman–Crippen MR) is 83.0 cm³/mol. The van der Waals surface area contributed by atoms with Crippen molar-refractivity contribution >= 4 is 11.6 Å². The van der Waals surface area contributed by atoms with Gasteiger partial charge in [0.05, 0.1) is 7.11 Å². The summed E-state index contributed by atoms with van der Waals surface area (Å²) in [4.78, 5) is 12.0. The minimum Gasteiger partial charge on any atom is -0.493 e. The lowest BCUT2D eigenvalue weighted by atomic mass is 10.1. The average molecular weight is 285 g/mol. The largest absolute Gasteiger partial charge is 0.493 e. The molecule has 2 rings (SSSR count). The van der Waals surface area contributed by atoms with Gasteiger partial charge in [-0.05, 0) is 43.2 Å². The van der Waals surface area contributed by atoms with Crippen LogP contribution in [-0.2, 0) is 4.79 Å². The number of carbonyl (C=O) groups is 1. The number of anilines is 1. The van der Waals surface area contributed by atoms with Crippen molar-refractivity contribution in [2.45, 2.75) is 13.8 Å². The number of carbonyl (C=O) groups excluding carboxylic acids is 1. The molecule has 0 aromatic heterocycles. The van der Waals surface area contributed by atoms with Gasteiger partial charge in [-0.2, -0.15) is 0 Å². The molecule has 0 unspecified atom stereocenters. The van der Waals surface area contributed by atoms with Crippen LogP contribution in [0.3, 0.4) is 0 Å². The Hall–Kier alpha value is -2.49. The average Bonchev–Trinajstić information content (AvgIpc) is 2.49. The van der Waals surface area contributed by atoms with E-state index >= 15 is 0 Å². The van der Waals surface area contributed by atoms with E-state index in [2.05, 4.69) is 5.32 Å². The summed E-state index contributed by atoms with van der Waals surface area (Å²) < 4.78 is 10.7. The van der Waals surface area contributed by atoms with Gasteiger partial charge < -0.3 is 14.8 Å². The van der Waals surface area contributed by atoms with Crippen LogP contribution in [0, 0.1) is 13.8 Å². The maximum Gasteiger partial charge on any atom is 0.262 e. The molecular weight excluding hydrogens is 266 g/mol. The second-order valence-corrected chi connectivity index (χ2v) is 4.81. The minimum absolute atomic E-state index is 0.0618. The number of amides is 1. The lowest BCUT2D eigenvalue weighted by Gasteiger charge is -2.12. The number of hydrogen-bond donors (Lipinski definition) is 1. The fourth-order valence-corrected chi connectivity index (χ4v) is 1.94. The monoisotopic (exact) mass is 285 g/mol. The number of ether oxygens (including phenoxy) is 2. The van der Waals surface area contributed by atoms with E-state index in [9.17, 15) is 4.79 Å². The molecule has 2 aromatic carbocycles. The van der Waals surface area contributed by atoms with Crippen LogP contribution in [0.4, 0.5) is 5.69 Å². The Morgan fingerprint density at radius 2 is 1.81 bits per heavy atom. The van der Waals surface area contributed by atoms with Crippen LogP contribution in [0.1, 0.15) is 11.1 Å². The van der Waals surface area contributed by atoms with Crippen molar-refractivity contribution in [3.63, 3.8) is 0 Å². The highest BCUT2D eigenvalue weighted by molar-refractivity contribution is 5.92. The van der Waals surface area contributed by atoms with Gasteiger partial charge in [0.25, 0.3) is 5.91 Å². The van der Waals surface area contributed by atoms with Gasteiger partial charge in [-0.15, -0.1) is 0 Å². The second-order valence-electron chi connectivity index (χ2n) is 4.81.